The number of nitrogens with zero attached hydrogens (tertiary/aromatic N) is 2. The Morgan fingerprint density at radius 1 is 1.50 bits per heavy atom. The standard InChI is InChI=1S/C13H20N2O4S/c1-13(2,3)9(12(17)18)11(16)15(4)6-8-7-20-14-10(8)19-5/h7,9H,6H2,1-5H3,(H,17,18). The quantitative estimate of drug-likeness (QED) is 0.840. The molecule has 0 bridgehead atoms. The second-order valence-corrected chi connectivity index (χ2v) is 6.31. The Bertz CT molecular complexity index is 493. The van der Waals surface area contributed by atoms with Gasteiger partial charge in [0.15, 0.2) is 0 Å². The van der Waals surface area contributed by atoms with E-state index >= 15 is 0 Å². The molecule has 1 rings (SSSR count). The largest absolute Gasteiger partial charge is 0.481 e. The highest BCUT2D eigenvalue weighted by molar-refractivity contribution is 7.03. The molecule has 0 radical (unpaired) electrons. The van der Waals surface area contributed by atoms with E-state index in [1.54, 1.807) is 33.2 Å². The van der Waals surface area contributed by atoms with Crippen molar-refractivity contribution in [2.75, 3.05) is 14.2 Å². The first-order chi connectivity index (χ1) is 9.18. The van der Waals surface area contributed by atoms with Gasteiger partial charge < -0.3 is 14.7 Å². The van der Waals surface area contributed by atoms with Crippen molar-refractivity contribution in [3.8, 4) is 5.88 Å². The first-order valence-electron chi connectivity index (χ1n) is 6.13. The molecule has 0 aliphatic heterocycles. The Hall–Kier alpha value is -1.63. The van der Waals surface area contributed by atoms with Crippen LogP contribution in [-0.4, -0.2) is 40.4 Å². The van der Waals surface area contributed by atoms with E-state index in [2.05, 4.69) is 4.37 Å². The van der Waals surface area contributed by atoms with Gasteiger partial charge in [0, 0.05) is 18.0 Å². The third kappa shape index (κ3) is 3.69. The third-order valence-corrected chi connectivity index (χ3v) is 3.60. The van der Waals surface area contributed by atoms with Gasteiger partial charge in [0.1, 0.15) is 5.92 Å². The summed E-state index contributed by atoms with van der Waals surface area (Å²) in [7, 11) is 3.09. The summed E-state index contributed by atoms with van der Waals surface area (Å²) in [5.41, 5.74) is 0.125. The summed E-state index contributed by atoms with van der Waals surface area (Å²) >= 11 is 1.24. The molecule has 1 unspecified atom stereocenters. The van der Waals surface area contributed by atoms with E-state index in [9.17, 15) is 14.7 Å². The van der Waals surface area contributed by atoms with Crippen molar-refractivity contribution in [2.24, 2.45) is 11.3 Å². The number of aromatic nitrogens is 1. The predicted molar refractivity (Wildman–Crippen MR) is 75.7 cm³/mol. The van der Waals surface area contributed by atoms with Crippen LogP contribution in [0.15, 0.2) is 5.38 Å². The molecule has 112 valence electrons. The normalized spacial score (nSPS) is 12.8. The van der Waals surface area contributed by atoms with Crippen molar-refractivity contribution in [1.29, 1.82) is 0 Å². The Morgan fingerprint density at radius 2 is 2.10 bits per heavy atom. The summed E-state index contributed by atoms with van der Waals surface area (Å²) in [5, 5.41) is 11.1. The second kappa shape index (κ2) is 6.21. The summed E-state index contributed by atoms with van der Waals surface area (Å²) in [4.78, 5) is 25.1. The van der Waals surface area contributed by atoms with Crippen molar-refractivity contribution in [2.45, 2.75) is 27.3 Å². The van der Waals surface area contributed by atoms with E-state index in [0.29, 0.717) is 5.88 Å². The van der Waals surface area contributed by atoms with Crippen molar-refractivity contribution >= 4 is 23.4 Å². The summed E-state index contributed by atoms with van der Waals surface area (Å²) in [6.45, 7) is 5.50. The summed E-state index contributed by atoms with van der Waals surface area (Å²) < 4.78 is 9.13. The molecule has 1 heterocycles. The lowest BCUT2D eigenvalue weighted by Gasteiger charge is -2.29. The van der Waals surface area contributed by atoms with Gasteiger partial charge in [-0.1, -0.05) is 20.8 Å². The molecule has 0 saturated heterocycles. The van der Waals surface area contributed by atoms with Gasteiger partial charge in [-0.05, 0) is 16.9 Å². The number of amides is 1. The first kappa shape index (κ1) is 16.4. The van der Waals surface area contributed by atoms with E-state index in [4.69, 9.17) is 4.74 Å². The summed E-state index contributed by atoms with van der Waals surface area (Å²) in [6.07, 6.45) is 0. The maximum atomic E-state index is 12.3. The molecule has 0 fully saturated rings. The fourth-order valence-electron chi connectivity index (χ4n) is 1.92. The topological polar surface area (TPSA) is 79.7 Å². The van der Waals surface area contributed by atoms with Crippen LogP contribution >= 0.6 is 11.5 Å². The van der Waals surface area contributed by atoms with Gasteiger partial charge in [0.2, 0.25) is 11.8 Å². The molecule has 0 spiro atoms. The summed E-state index contributed by atoms with van der Waals surface area (Å²) in [6, 6.07) is 0. The van der Waals surface area contributed by atoms with Gasteiger partial charge >= 0.3 is 5.97 Å². The van der Waals surface area contributed by atoms with Crippen LogP contribution in [0, 0.1) is 11.3 Å². The Labute approximate surface area is 122 Å². The van der Waals surface area contributed by atoms with Crippen LogP contribution in [0.1, 0.15) is 26.3 Å². The van der Waals surface area contributed by atoms with Crippen LogP contribution in [-0.2, 0) is 16.1 Å². The molecule has 6 nitrogen and oxygen atoms in total. The highest BCUT2D eigenvalue weighted by Gasteiger charge is 2.39. The molecule has 7 heteroatoms. The zero-order chi connectivity index (χ0) is 15.5. The first-order valence-corrected chi connectivity index (χ1v) is 6.97. The summed E-state index contributed by atoms with van der Waals surface area (Å²) in [5.74, 6) is -2.13. The van der Waals surface area contributed by atoms with Crippen LogP contribution in [0.3, 0.4) is 0 Å². The maximum absolute atomic E-state index is 12.3. The zero-order valence-electron chi connectivity index (χ0n) is 12.3. The Balaban J connectivity index is 2.88. The molecule has 1 aromatic rings. The number of hydrogen-bond acceptors (Lipinski definition) is 5. The minimum atomic E-state index is -1.11. The molecule has 20 heavy (non-hydrogen) atoms. The lowest BCUT2D eigenvalue weighted by molar-refractivity contribution is -0.155. The van der Waals surface area contributed by atoms with Crippen LogP contribution in [0.5, 0.6) is 5.88 Å². The van der Waals surface area contributed by atoms with Crippen LogP contribution < -0.4 is 4.74 Å². The van der Waals surface area contributed by atoms with Crippen LogP contribution in [0.25, 0.3) is 0 Å². The average molecular weight is 300 g/mol. The fraction of sp³-hybridized carbons (Fsp3) is 0.615. The third-order valence-electron chi connectivity index (χ3n) is 2.94. The molecule has 1 atom stereocenters. The number of carbonyl (C=O) groups is 2. The van der Waals surface area contributed by atoms with E-state index < -0.39 is 23.2 Å². The molecule has 0 aliphatic carbocycles. The molecule has 1 aromatic heterocycles. The number of carboxylic acid groups (broad SMARTS) is 1. The number of carboxylic acids is 1. The Kier molecular flexibility index (Phi) is 5.10. The molecule has 0 saturated carbocycles. The lowest BCUT2D eigenvalue weighted by Crippen LogP contribution is -2.43. The van der Waals surface area contributed by atoms with Crippen molar-refractivity contribution in [3.05, 3.63) is 10.9 Å². The van der Waals surface area contributed by atoms with Gasteiger partial charge in [-0.3, -0.25) is 9.59 Å². The minimum absolute atomic E-state index is 0.276. The molecular weight excluding hydrogens is 280 g/mol. The number of methoxy groups -OCH3 is 1. The van der Waals surface area contributed by atoms with Gasteiger partial charge in [0.25, 0.3) is 0 Å². The fourth-order valence-corrected chi connectivity index (χ4v) is 2.56. The molecule has 0 aromatic carbocycles. The highest BCUT2D eigenvalue weighted by atomic mass is 32.1. The number of carbonyl (C=O) groups excluding carboxylic acids is 1. The van der Waals surface area contributed by atoms with E-state index in [0.717, 1.165) is 5.56 Å². The SMILES string of the molecule is COc1nscc1CN(C)C(=O)C(C(=O)O)C(C)(C)C. The van der Waals surface area contributed by atoms with Crippen molar-refractivity contribution < 1.29 is 19.4 Å². The van der Waals surface area contributed by atoms with E-state index in [1.165, 1.54) is 23.5 Å². The molecule has 1 N–H and O–H groups in total. The number of hydrogen-bond donors (Lipinski definition) is 1. The lowest BCUT2D eigenvalue weighted by atomic mass is 9.80. The van der Waals surface area contributed by atoms with Crippen LogP contribution in [0.2, 0.25) is 0 Å². The number of ether oxygens (including phenoxy) is 1. The number of aliphatic carboxylic acids is 1. The van der Waals surface area contributed by atoms with Gasteiger partial charge in [-0.15, -0.1) is 0 Å². The molecular formula is C13H20N2O4S. The zero-order valence-corrected chi connectivity index (χ0v) is 13.2. The maximum Gasteiger partial charge on any atom is 0.316 e. The highest BCUT2D eigenvalue weighted by Crippen LogP contribution is 2.29. The Morgan fingerprint density at radius 3 is 2.55 bits per heavy atom. The van der Waals surface area contributed by atoms with Crippen LogP contribution in [0.4, 0.5) is 0 Å². The monoisotopic (exact) mass is 300 g/mol. The predicted octanol–water partition coefficient (Wildman–Crippen LogP) is 1.86. The minimum Gasteiger partial charge on any atom is -0.481 e. The second-order valence-electron chi connectivity index (χ2n) is 5.68. The van der Waals surface area contributed by atoms with Gasteiger partial charge in [-0.25, -0.2) is 0 Å². The smallest absolute Gasteiger partial charge is 0.316 e. The van der Waals surface area contributed by atoms with Gasteiger partial charge in [0.05, 0.1) is 13.7 Å². The van der Waals surface area contributed by atoms with Crippen molar-refractivity contribution in [1.82, 2.24) is 9.27 Å². The average Bonchev–Trinajstić information content (AvgIpc) is 2.73. The van der Waals surface area contributed by atoms with E-state index in [-0.39, 0.29) is 6.54 Å². The molecule has 0 aliphatic rings. The number of rotatable bonds is 5. The molecule has 1 amide bonds. The van der Waals surface area contributed by atoms with Gasteiger partial charge in [-0.2, -0.15) is 4.37 Å². The van der Waals surface area contributed by atoms with Crippen molar-refractivity contribution in [3.63, 3.8) is 0 Å². The van der Waals surface area contributed by atoms with E-state index in [1.807, 2.05) is 0 Å².